The summed E-state index contributed by atoms with van der Waals surface area (Å²) < 4.78 is 15.9. The zero-order chi connectivity index (χ0) is 21.2. The molecule has 1 saturated heterocycles. The molecule has 1 aliphatic heterocycles. The quantitative estimate of drug-likeness (QED) is 0.389. The van der Waals surface area contributed by atoms with Gasteiger partial charge < -0.3 is 9.47 Å². The van der Waals surface area contributed by atoms with E-state index in [4.69, 9.17) is 0 Å². The second-order valence-electron chi connectivity index (χ2n) is 8.27. The molecular formula is C26H25FN2OS. The predicted molar refractivity (Wildman–Crippen MR) is 124 cm³/mol. The third-order valence-corrected chi connectivity index (χ3v) is 7.13. The number of benzene rings is 2. The maximum Gasteiger partial charge on any atom is 0.227 e. The second kappa shape index (κ2) is 8.67. The van der Waals surface area contributed by atoms with E-state index in [9.17, 15) is 9.18 Å². The van der Waals surface area contributed by atoms with Crippen LogP contribution in [-0.2, 0) is 17.8 Å². The van der Waals surface area contributed by atoms with Gasteiger partial charge >= 0.3 is 0 Å². The van der Waals surface area contributed by atoms with Gasteiger partial charge in [-0.2, -0.15) is 0 Å². The number of halogens is 1. The predicted octanol–water partition coefficient (Wildman–Crippen LogP) is 5.84. The lowest BCUT2D eigenvalue weighted by Crippen LogP contribution is -2.38. The maximum absolute atomic E-state index is 13.7. The highest BCUT2D eigenvalue weighted by atomic mass is 32.1. The van der Waals surface area contributed by atoms with Gasteiger partial charge in [0.05, 0.1) is 6.42 Å². The van der Waals surface area contributed by atoms with Crippen molar-refractivity contribution >= 4 is 28.1 Å². The van der Waals surface area contributed by atoms with E-state index in [2.05, 4.69) is 35.0 Å². The molecule has 3 nitrogen and oxygen atoms in total. The molecule has 4 aromatic rings. The summed E-state index contributed by atoms with van der Waals surface area (Å²) in [6, 6.07) is 19.3. The number of likely N-dealkylation sites (tertiary alicyclic amines) is 1. The SMILES string of the molecule is O=C(Cc1cccs1)N1CCC(c2cn(Cc3cccc(F)c3)c3ccccc23)CC1. The van der Waals surface area contributed by atoms with Crippen molar-refractivity contribution < 1.29 is 9.18 Å². The number of aromatic nitrogens is 1. The number of hydrogen-bond acceptors (Lipinski definition) is 2. The van der Waals surface area contributed by atoms with Crippen molar-refractivity contribution in [1.29, 1.82) is 0 Å². The van der Waals surface area contributed by atoms with Gasteiger partial charge in [0.25, 0.3) is 0 Å². The average molecular weight is 433 g/mol. The molecule has 0 radical (unpaired) electrons. The summed E-state index contributed by atoms with van der Waals surface area (Å²) in [6.07, 6.45) is 4.70. The molecule has 158 valence electrons. The monoisotopic (exact) mass is 432 g/mol. The van der Waals surface area contributed by atoms with Gasteiger partial charge in [-0.05, 0) is 59.5 Å². The van der Waals surface area contributed by atoms with E-state index < -0.39 is 0 Å². The fourth-order valence-corrected chi connectivity index (χ4v) is 5.37. The van der Waals surface area contributed by atoms with Crippen LogP contribution in [0.25, 0.3) is 10.9 Å². The van der Waals surface area contributed by atoms with Gasteiger partial charge in [0, 0.05) is 41.6 Å². The van der Waals surface area contributed by atoms with Crippen molar-refractivity contribution in [2.24, 2.45) is 0 Å². The van der Waals surface area contributed by atoms with E-state index in [0.717, 1.165) is 36.4 Å². The fourth-order valence-electron chi connectivity index (χ4n) is 4.68. The van der Waals surface area contributed by atoms with Crippen LogP contribution < -0.4 is 0 Å². The highest BCUT2D eigenvalue weighted by molar-refractivity contribution is 7.10. The normalized spacial score (nSPS) is 14.9. The van der Waals surface area contributed by atoms with Gasteiger partial charge in [0.15, 0.2) is 0 Å². The zero-order valence-electron chi connectivity index (χ0n) is 17.3. The molecule has 0 N–H and O–H groups in total. The number of fused-ring (bicyclic) bond motifs is 1. The molecule has 0 spiro atoms. The number of amides is 1. The molecule has 5 heteroatoms. The van der Waals surface area contributed by atoms with Crippen LogP contribution in [0.2, 0.25) is 0 Å². The maximum atomic E-state index is 13.7. The zero-order valence-corrected chi connectivity index (χ0v) is 18.2. The molecule has 1 fully saturated rings. The average Bonchev–Trinajstić information content (AvgIpc) is 3.42. The molecule has 0 unspecified atom stereocenters. The molecule has 1 amide bonds. The molecule has 0 aliphatic carbocycles. The molecule has 0 atom stereocenters. The van der Waals surface area contributed by atoms with Crippen LogP contribution in [0.3, 0.4) is 0 Å². The van der Waals surface area contributed by atoms with E-state index >= 15 is 0 Å². The lowest BCUT2D eigenvalue weighted by Gasteiger charge is -2.32. The van der Waals surface area contributed by atoms with Crippen LogP contribution in [0.15, 0.2) is 72.2 Å². The summed E-state index contributed by atoms with van der Waals surface area (Å²) in [5, 5.41) is 3.29. The van der Waals surface area contributed by atoms with Crippen molar-refractivity contribution in [3.63, 3.8) is 0 Å². The Morgan fingerprint density at radius 3 is 2.65 bits per heavy atom. The molecule has 31 heavy (non-hydrogen) atoms. The number of nitrogens with zero attached hydrogens (tertiary/aromatic N) is 2. The number of carbonyl (C=O) groups is 1. The standard InChI is InChI=1S/C26H25FN2OS/c27-21-6-3-5-19(15-21)17-29-18-24(23-8-1-2-9-25(23)29)20-10-12-28(13-11-20)26(30)16-22-7-4-14-31-22/h1-9,14-15,18,20H,10-13,16-17H2. The van der Waals surface area contributed by atoms with E-state index in [1.54, 1.807) is 23.5 Å². The Labute approximate surface area is 185 Å². The van der Waals surface area contributed by atoms with Gasteiger partial charge in [-0.1, -0.05) is 36.4 Å². The number of para-hydroxylation sites is 1. The minimum Gasteiger partial charge on any atom is -0.343 e. The van der Waals surface area contributed by atoms with Crippen LogP contribution >= 0.6 is 11.3 Å². The van der Waals surface area contributed by atoms with Crippen molar-refractivity contribution in [2.75, 3.05) is 13.1 Å². The topological polar surface area (TPSA) is 25.2 Å². The number of hydrogen-bond donors (Lipinski definition) is 0. The van der Waals surface area contributed by atoms with Crippen LogP contribution in [0.1, 0.15) is 34.8 Å². The Bertz CT molecular complexity index is 1190. The van der Waals surface area contributed by atoms with Crippen LogP contribution in [0.4, 0.5) is 4.39 Å². The van der Waals surface area contributed by atoms with E-state index in [-0.39, 0.29) is 11.7 Å². The molecule has 5 rings (SSSR count). The smallest absolute Gasteiger partial charge is 0.227 e. The van der Waals surface area contributed by atoms with Gasteiger partial charge in [-0.25, -0.2) is 4.39 Å². The fraction of sp³-hybridized carbons (Fsp3) is 0.269. The molecule has 3 heterocycles. The largest absolute Gasteiger partial charge is 0.343 e. The molecule has 0 saturated carbocycles. The Hall–Kier alpha value is -2.92. The van der Waals surface area contributed by atoms with Crippen LogP contribution in [-0.4, -0.2) is 28.5 Å². The van der Waals surface area contributed by atoms with E-state index in [0.29, 0.717) is 18.9 Å². The minimum atomic E-state index is -0.200. The summed E-state index contributed by atoms with van der Waals surface area (Å²) in [6.45, 7) is 2.26. The Morgan fingerprint density at radius 1 is 1.03 bits per heavy atom. The number of rotatable bonds is 5. The molecule has 2 aromatic carbocycles. The highest BCUT2D eigenvalue weighted by Crippen LogP contribution is 2.35. The van der Waals surface area contributed by atoms with Crippen LogP contribution in [0.5, 0.6) is 0 Å². The summed E-state index contributed by atoms with van der Waals surface area (Å²) in [7, 11) is 0. The van der Waals surface area contributed by atoms with Crippen molar-refractivity contribution in [2.45, 2.75) is 31.7 Å². The lowest BCUT2D eigenvalue weighted by atomic mass is 9.89. The van der Waals surface area contributed by atoms with Gasteiger partial charge in [0.2, 0.25) is 5.91 Å². The molecule has 2 aromatic heterocycles. The molecule has 1 aliphatic rings. The number of carbonyl (C=O) groups excluding carboxylic acids is 1. The Morgan fingerprint density at radius 2 is 1.87 bits per heavy atom. The number of piperidine rings is 1. The van der Waals surface area contributed by atoms with Crippen molar-refractivity contribution in [3.8, 4) is 0 Å². The van der Waals surface area contributed by atoms with E-state index in [1.165, 1.54) is 22.5 Å². The van der Waals surface area contributed by atoms with Gasteiger partial charge in [-0.15, -0.1) is 11.3 Å². The summed E-state index contributed by atoms with van der Waals surface area (Å²) >= 11 is 1.64. The number of thiophene rings is 1. The van der Waals surface area contributed by atoms with Crippen molar-refractivity contribution in [1.82, 2.24) is 9.47 Å². The Balaban J connectivity index is 1.33. The van der Waals surface area contributed by atoms with Gasteiger partial charge in [0.1, 0.15) is 5.82 Å². The minimum absolute atomic E-state index is 0.200. The van der Waals surface area contributed by atoms with E-state index in [1.807, 2.05) is 28.5 Å². The third kappa shape index (κ3) is 4.28. The molecule has 0 bridgehead atoms. The summed E-state index contributed by atoms with van der Waals surface area (Å²) in [5.41, 5.74) is 3.48. The molecular weight excluding hydrogens is 407 g/mol. The van der Waals surface area contributed by atoms with Gasteiger partial charge in [-0.3, -0.25) is 4.79 Å². The first kappa shape index (κ1) is 20.0. The summed E-state index contributed by atoms with van der Waals surface area (Å²) in [4.78, 5) is 15.8. The Kier molecular flexibility index (Phi) is 5.60. The van der Waals surface area contributed by atoms with Crippen LogP contribution in [0, 0.1) is 5.82 Å². The first-order chi connectivity index (χ1) is 15.2. The third-order valence-electron chi connectivity index (χ3n) is 6.25. The lowest BCUT2D eigenvalue weighted by molar-refractivity contribution is -0.131. The first-order valence-corrected chi connectivity index (χ1v) is 11.7. The highest BCUT2D eigenvalue weighted by Gasteiger charge is 2.26. The van der Waals surface area contributed by atoms with Crippen molar-refractivity contribution in [3.05, 3.63) is 94.1 Å². The summed E-state index contributed by atoms with van der Waals surface area (Å²) in [5.74, 6) is 0.465. The second-order valence-corrected chi connectivity index (χ2v) is 9.30. The first-order valence-electron chi connectivity index (χ1n) is 10.8.